The number of nitrogens with one attached hydrogen (secondary N) is 1. The summed E-state index contributed by atoms with van der Waals surface area (Å²) in [5.41, 5.74) is 2.05. The van der Waals surface area contributed by atoms with E-state index in [1.54, 1.807) is 4.68 Å². The van der Waals surface area contributed by atoms with Gasteiger partial charge in [0, 0.05) is 0 Å². The molecule has 5 nitrogen and oxygen atoms in total. The maximum atomic E-state index is 12.8. The first-order valence-electron chi connectivity index (χ1n) is 7.49. The number of nitrogens with zero attached hydrogens (tertiary/aromatic N) is 3. The van der Waals surface area contributed by atoms with Crippen molar-refractivity contribution in [2.45, 2.75) is 6.92 Å². The van der Waals surface area contributed by atoms with Crippen molar-refractivity contribution in [3.63, 3.8) is 0 Å². The van der Waals surface area contributed by atoms with Gasteiger partial charge in [-0.05, 0) is 19.1 Å². The molecule has 1 aromatic carbocycles. The molecule has 1 saturated heterocycles. The summed E-state index contributed by atoms with van der Waals surface area (Å²) in [5, 5.41) is 4.83. The third-order valence-corrected chi connectivity index (χ3v) is 4.47. The molecule has 1 amide bonds. The lowest BCUT2D eigenvalue weighted by Gasteiger charge is -2.30. The zero-order chi connectivity index (χ0) is 15.7. The fraction of sp³-hybridized carbons (Fsp3) is 0.375. The van der Waals surface area contributed by atoms with Gasteiger partial charge in [-0.3, -0.25) is 4.79 Å². The van der Waals surface area contributed by atoms with Crippen molar-refractivity contribution in [2.24, 2.45) is 0 Å². The Morgan fingerprint density at radius 3 is 2.50 bits per heavy atom. The Balaban J connectivity index is 1.91. The van der Waals surface area contributed by atoms with E-state index < -0.39 is 0 Å². The lowest BCUT2D eigenvalue weighted by Crippen LogP contribution is -3.12. The normalized spacial score (nSPS) is 16.0. The summed E-state index contributed by atoms with van der Waals surface area (Å²) in [7, 11) is 2.15. The van der Waals surface area contributed by atoms with Gasteiger partial charge in [0.15, 0.2) is 0 Å². The van der Waals surface area contributed by atoms with Crippen LogP contribution in [-0.4, -0.2) is 53.8 Å². The zero-order valence-electron chi connectivity index (χ0n) is 12.8. The van der Waals surface area contributed by atoms with Crippen LogP contribution >= 0.6 is 11.6 Å². The van der Waals surface area contributed by atoms with Gasteiger partial charge in [-0.2, -0.15) is 5.10 Å². The molecule has 0 unspecified atom stereocenters. The van der Waals surface area contributed by atoms with E-state index in [-0.39, 0.29) is 5.91 Å². The highest BCUT2D eigenvalue weighted by atomic mass is 35.5. The summed E-state index contributed by atoms with van der Waals surface area (Å²) in [4.78, 5) is 16.1. The van der Waals surface area contributed by atoms with Crippen LogP contribution in [0.25, 0.3) is 5.69 Å². The molecule has 3 rings (SSSR count). The van der Waals surface area contributed by atoms with Crippen LogP contribution in [0.2, 0.25) is 5.15 Å². The van der Waals surface area contributed by atoms with Crippen molar-refractivity contribution < 1.29 is 9.69 Å². The van der Waals surface area contributed by atoms with E-state index in [9.17, 15) is 4.79 Å². The largest absolute Gasteiger partial charge is 0.334 e. The van der Waals surface area contributed by atoms with Gasteiger partial charge in [0.1, 0.15) is 5.15 Å². The number of rotatable bonds is 2. The number of aryl methyl sites for hydroxylation is 1. The minimum absolute atomic E-state index is 0.0165. The second-order valence-corrected chi connectivity index (χ2v) is 6.11. The number of aromatic nitrogens is 2. The lowest BCUT2D eigenvalue weighted by molar-refractivity contribution is -0.883. The number of halogens is 1. The van der Waals surface area contributed by atoms with Crippen molar-refractivity contribution in [1.82, 2.24) is 14.7 Å². The van der Waals surface area contributed by atoms with Crippen molar-refractivity contribution in [3.05, 3.63) is 46.7 Å². The molecule has 1 aliphatic rings. The summed E-state index contributed by atoms with van der Waals surface area (Å²) < 4.78 is 1.63. The monoisotopic (exact) mass is 319 g/mol. The summed E-state index contributed by atoms with van der Waals surface area (Å²) >= 11 is 6.45. The summed E-state index contributed by atoms with van der Waals surface area (Å²) in [6, 6.07) is 9.63. The zero-order valence-corrected chi connectivity index (χ0v) is 13.6. The van der Waals surface area contributed by atoms with Crippen LogP contribution in [0.5, 0.6) is 0 Å². The Hall–Kier alpha value is -1.85. The van der Waals surface area contributed by atoms with E-state index in [1.807, 2.05) is 42.2 Å². The summed E-state index contributed by atoms with van der Waals surface area (Å²) in [6.45, 7) is 5.29. The molecular formula is C16H20ClN4O+. The molecule has 116 valence electrons. The Bertz CT molecular complexity index is 675. The highest BCUT2D eigenvalue weighted by Gasteiger charge is 2.28. The summed E-state index contributed by atoms with van der Waals surface area (Å²) in [6.07, 6.45) is 0. The van der Waals surface area contributed by atoms with E-state index in [1.165, 1.54) is 4.90 Å². The number of carbonyl (C=O) groups excluding carboxylic acids is 1. The maximum absolute atomic E-state index is 12.8. The van der Waals surface area contributed by atoms with Gasteiger partial charge < -0.3 is 9.80 Å². The lowest BCUT2D eigenvalue weighted by atomic mass is 10.2. The number of quaternary nitrogens is 1. The number of carbonyl (C=O) groups is 1. The molecule has 1 aromatic heterocycles. The number of benzene rings is 1. The van der Waals surface area contributed by atoms with Crippen LogP contribution in [0.15, 0.2) is 30.3 Å². The van der Waals surface area contributed by atoms with Crippen LogP contribution in [0.4, 0.5) is 0 Å². The predicted molar refractivity (Wildman–Crippen MR) is 85.8 cm³/mol. The molecule has 0 spiro atoms. The predicted octanol–water partition coefficient (Wildman–Crippen LogP) is 0.805. The minimum atomic E-state index is -0.0165. The quantitative estimate of drug-likeness (QED) is 0.890. The number of para-hydroxylation sites is 1. The molecule has 22 heavy (non-hydrogen) atoms. The molecule has 2 aromatic rings. The highest BCUT2D eigenvalue weighted by molar-refractivity contribution is 6.33. The van der Waals surface area contributed by atoms with Crippen molar-refractivity contribution in [2.75, 3.05) is 33.2 Å². The Kier molecular flexibility index (Phi) is 4.18. The molecule has 1 aliphatic heterocycles. The molecule has 2 heterocycles. The van der Waals surface area contributed by atoms with Crippen LogP contribution < -0.4 is 4.90 Å². The summed E-state index contributed by atoms with van der Waals surface area (Å²) in [5.74, 6) is -0.0165. The van der Waals surface area contributed by atoms with Crippen LogP contribution in [-0.2, 0) is 0 Å². The van der Waals surface area contributed by atoms with Crippen molar-refractivity contribution in [3.8, 4) is 5.69 Å². The van der Waals surface area contributed by atoms with Crippen LogP contribution in [0, 0.1) is 6.92 Å². The first kappa shape index (κ1) is 15.1. The van der Waals surface area contributed by atoms with Gasteiger partial charge in [0.2, 0.25) is 0 Å². The average Bonchev–Trinajstić information content (AvgIpc) is 2.83. The number of likely N-dealkylation sites (N-methyl/N-ethyl adjacent to an activating group) is 1. The van der Waals surface area contributed by atoms with E-state index in [2.05, 4.69) is 12.1 Å². The molecule has 0 radical (unpaired) electrons. The molecule has 0 bridgehead atoms. The minimum Gasteiger partial charge on any atom is -0.334 e. The molecule has 0 atom stereocenters. The number of amides is 1. The number of piperazine rings is 1. The maximum Gasteiger partial charge on any atom is 0.259 e. The highest BCUT2D eigenvalue weighted by Crippen LogP contribution is 2.24. The Labute approximate surface area is 135 Å². The second kappa shape index (κ2) is 6.10. The smallest absolute Gasteiger partial charge is 0.259 e. The molecular weight excluding hydrogens is 300 g/mol. The van der Waals surface area contributed by atoms with Gasteiger partial charge in [0.05, 0.1) is 50.2 Å². The van der Waals surface area contributed by atoms with Gasteiger partial charge >= 0.3 is 0 Å². The molecule has 1 fully saturated rings. The van der Waals surface area contributed by atoms with Crippen molar-refractivity contribution >= 4 is 17.5 Å². The Morgan fingerprint density at radius 1 is 1.23 bits per heavy atom. The molecule has 0 saturated carbocycles. The molecule has 1 N–H and O–H groups in total. The van der Waals surface area contributed by atoms with Crippen molar-refractivity contribution in [1.29, 1.82) is 0 Å². The Morgan fingerprint density at radius 2 is 1.86 bits per heavy atom. The van der Waals surface area contributed by atoms with Crippen LogP contribution in [0.1, 0.15) is 16.1 Å². The molecule has 0 aliphatic carbocycles. The standard InChI is InChI=1S/C16H19ClN4O/c1-12-14(16(22)20-10-8-19(2)9-11-20)15(17)21(18-12)13-6-4-3-5-7-13/h3-7H,8-11H2,1-2H3/p+1. The first-order valence-corrected chi connectivity index (χ1v) is 7.87. The van der Waals surface area contributed by atoms with Gasteiger partial charge in [-0.1, -0.05) is 29.8 Å². The first-order chi connectivity index (χ1) is 10.6. The third-order valence-electron chi connectivity index (χ3n) is 4.12. The van der Waals surface area contributed by atoms with E-state index in [0.717, 1.165) is 31.9 Å². The van der Waals surface area contributed by atoms with E-state index in [0.29, 0.717) is 16.4 Å². The van der Waals surface area contributed by atoms with Gasteiger partial charge in [-0.25, -0.2) is 4.68 Å². The fourth-order valence-corrected chi connectivity index (χ4v) is 3.08. The van der Waals surface area contributed by atoms with Crippen LogP contribution in [0.3, 0.4) is 0 Å². The number of hydrogen-bond acceptors (Lipinski definition) is 2. The molecule has 6 heteroatoms. The number of hydrogen-bond donors (Lipinski definition) is 1. The third kappa shape index (κ3) is 2.74. The fourth-order valence-electron chi connectivity index (χ4n) is 2.73. The average molecular weight is 320 g/mol. The van der Waals surface area contributed by atoms with E-state index in [4.69, 9.17) is 11.6 Å². The second-order valence-electron chi connectivity index (χ2n) is 5.75. The van der Waals surface area contributed by atoms with Gasteiger partial charge in [0.25, 0.3) is 5.91 Å². The van der Waals surface area contributed by atoms with Gasteiger partial charge in [-0.15, -0.1) is 0 Å². The SMILES string of the molecule is Cc1nn(-c2ccccc2)c(Cl)c1C(=O)N1CC[NH+](C)CC1. The topological polar surface area (TPSA) is 42.6 Å². The van der Waals surface area contributed by atoms with E-state index >= 15 is 0 Å².